The van der Waals surface area contributed by atoms with E-state index in [9.17, 15) is 9.59 Å². The van der Waals surface area contributed by atoms with Gasteiger partial charge in [0.05, 0.1) is 12.2 Å². The molecule has 0 bridgehead atoms. The highest BCUT2D eigenvalue weighted by molar-refractivity contribution is 7.13. The van der Waals surface area contributed by atoms with E-state index >= 15 is 0 Å². The summed E-state index contributed by atoms with van der Waals surface area (Å²) >= 11 is 1.19. The molecule has 0 saturated heterocycles. The maximum absolute atomic E-state index is 12.2. The highest BCUT2D eigenvalue weighted by Gasteiger charge is 2.14. The summed E-state index contributed by atoms with van der Waals surface area (Å²) in [5, 5.41) is 14.4. The second-order valence-corrected chi connectivity index (χ2v) is 6.98. The maximum Gasteiger partial charge on any atom is 0.286 e. The van der Waals surface area contributed by atoms with E-state index < -0.39 is 0 Å². The van der Waals surface area contributed by atoms with E-state index in [1.165, 1.54) is 11.3 Å². The quantitative estimate of drug-likeness (QED) is 0.656. The summed E-state index contributed by atoms with van der Waals surface area (Å²) in [6.45, 7) is 2.37. The Kier molecular flexibility index (Phi) is 6.22. The van der Waals surface area contributed by atoms with Crippen LogP contribution in [0.4, 0.5) is 5.69 Å². The number of carbonyl (C=O) groups is 2. The Bertz CT molecular complexity index is 909. The lowest BCUT2D eigenvalue weighted by atomic mass is 10.2. The third-order valence-electron chi connectivity index (χ3n) is 3.73. The monoisotopic (exact) mass is 381 g/mol. The third-order valence-corrected chi connectivity index (χ3v) is 4.71. The van der Waals surface area contributed by atoms with Crippen LogP contribution in [0.1, 0.15) is 32.5 Å². The number of aryl methyl sites for hydroxylation is 2. The van der Waals surface area contributed by atoms with E-state index in [4.69, 9.17) is 0 Å². The zero-order valence-electron chi connectivity index (χ0n) is 14.8. The molecular weight excluding hydrogens is 362 g/mol. The van der Waals surface area contributed by atoms with Crippen molar-refractivity contribution in [2.24, 2.45) is 0 Å². The smallest absolute Gasteiger partial charge is 0.286 e. The molecule has 2 amide bonds. The van der Waals surface area contributed by atoms with Crippen molar-refractivity contribution in [3.63, 3.8) is 0 Å². The van der Waals surface area contributed by atoms with Crippen molar-refractivity contribution < 1.29 is 9.59 Å². The number of rotatable bonds is 7. The number of pyridine rings is 1. The minimum Gasteiger partial charge on any atom is -0.350 e. The van der Waals surface area contributed by atoms with Crippen LogP contribution in [0.15, 0.2) is 48.7 Å². The van der Waals surface area contributed by atoms with Gasteiger partial charge in [0.1, 0.15) is 5.01 Å². The van der Waals surface area contributed by atoms with E-state index in [1.807, 2.05) is 49.4 Å². The molecule has 3 rings (SSSR count). The number of hydrogen-bond acceptors (Lipinski definition) is 6. The van der Waals surface area contributed by atoms with Crippen molar-refractivity contribution in [2.45, 2.75) is 26.3 Å². The Hall–Kier alpha value is -3.13. The number of amides is 2. The number of carbonyl (C=O) groups excluding carboxylic acids is 2. The second-order valence-electron chi connectivity index (χ2n) is 5.92. The molecule has 0 aliphatic heterocycles. The summed E-state index contributed by atoms with van der Waals surface area (Å²) in [6, 6.07) is 13.1. The third kappa shape index (κ3) is 5.68. The molecule has 8 heteroatoms. The first-order valence-corrected chi connectivity index (χ1v) is 9.29. The van der Waals surface area contributed by atoms with Crippen molar-refractivity contribution >= 4 is 28.8 Å². The van der Waals surface area contributed by atoms with E-state index in [2.05, 4.69) is 25.8 Å². The van der Waals surface area contributed by atoms with Crippen molar-refractivity contribution in [1.29, 1.82) is 0 Å². The molecule has 0 aliphatic rings. The summed E-state index contributed by atoms with van der Waals surface area (Å²) in [7, 11) is 0. The molecule has 0 saturated carbocycles. The molecular formula is C19H19N5O2S. The first-order chi connectivity index (χ1) is 13.1. The van der Waals surface area contributed by atoms with Gasteiger partial charge in [0, 0.05) is 24.7 Å². The van der Waals surface area contributed by atoms with E-state index in [-0.39, 0.29) is 23.2 Å². The molecule has 3 aromatic rings. The van der Waals surface area contributed by atoms with Crippen LogP contribution >= 0.6 is 11.3 Å². The Morgan fingerprint density at radius 1 is 1.07 bits per heavy atom. The van der Waals surface area contributed by atoms with Gasteiger partial charge in [-0.05, 0) is 31.2 Å². The number of nitrogens with zero attached hydrogens (tertiary/aromatic N) is 3. The standard InChI is InChI=1S/C19H19N5O2S/c1-13-5-7-14(8-6-13)22-18(26)19-24-23-17(27-19)10-9-16(25)21-12-15-4-2-3-11-20-15/h2-8,11H,9-10,12H2,1H3,(H,21,25)(H,22,26). The Balaban J connectivity index is 1.46. The first kappa shape index (κ1) is 18.7. The largest absolute Gasteiger partial charge is 0.350 e. The molecule has 0 spiro atoms. The molecule has 2 N–H and O–H groups in total. The Labute approximate surface area is 160 Å². The highest BCUT2D eigenvalue weighted by atomic mass is 32.1. The van der Waals surface area contributed by atoms with E-state index in [1.54, 1.807) is 6.20 Å². The van der Waals surface area contributed by atoms with Gasteiger partial charge in [0.25, 0.3) is 5.91 Å². The van der Waals surface area contributed by atoms with Gasteiger partial charge in [-0.25, -0.2) is 0 Å². The lowest BCUT2D eigenvalue weighted by Crippen LogP contribution is -2.23. The molecule has 7 nitrogen and oxygen atoms in total. The van der Waals surface area contributed by atoms with Crippen LogP contribution < -0.4 is 10.6 Å². The molecule has 0 radical (unpaired) electrons. The van der Waals surface area contributed by atoms with Crippen LogP contribution in [0.5, 0.6) is 0 Å². The van der Waals surface area contributed by atoms with Crippen LogP contribution in [-0.2, 0) is 17.8 Å². The molecule has 0 atom stereocenters. The molecule has 0 unspecified atom stereocenters. The van der Waals surface area contributed by atoms with Crippen LogP contribution in [0, 0.1) is 6.92 Å². The number of nitrogens with one attached hydrogen (secondary N) is 2. The van der Waals surface area contributed by atoms with Crippen LogP contribution in [-0.4, -0.2) is 27.0 Å². The van der Waals surface area contributed by atoms with Crippen molar-refractivity contribution in [1.82, 2.24) is 20.5 Å². The van der Waals surface area contributed by atoms with E-state index in [0.29, 0.717) is 23.7 Å². The fraction of sp³-hybridized carbons (Fsp3) is 0.211. The lowest BCUT2D eigenvalue weighted by Gasteiger charge is -2.03. The molecule has 2 aromatic heterocycles. The number of benzene rings is 1. The van der Waals surface area contributed by atoms with Crippen molar-refractivity contribution in [2.75, 3.05) is 5.32 Å². The van der Waals surface area contributed by atoms with Gasteiger partial charge in [-0.2, -0.15) is 0 Å². The fourth-order valence-corrected chi connectivity index (χ4v) is 3.00. The van der Waals surface area contributed by atoms with Gasteiger partial charge in [0.2, 0.25) is 10.9 Å². The summed E-state index contributed by atoms with van der Waals surface area (Å²) in [5.74, 6) is -0.399. The van der Waals surface area contributed by atoms with Gasteiger partial charge < -0.3 is 10.6 Å². The molecule has 1 aromatic carbocycles. The zero-order valence-corrected chi connectivity index (χ0v) is 15.6. The molecule has 2 heterocycles. The predicted molar refractivity (Wildman–Crippen MR) is 103 cm³/mol. The van der Waals surface area contributed by atoms with E-state index in [0.717, 1.165) is 11.3 Å². The average Bonchev–Trinajstić information content (AvgIpc) is 3.16. The summed E-state index contributed by atoms with van der Waals surface area (Å²) in [4.78, 5) is 28.3. The summed E-state index contributed by atoms with van der Waals surface area (Å²) < 4.78 is 0. The number of aromatic nitrogens is 3. The minimum absolute atomic E-state index is 0.0958. The molecule has 0 aliphatic carbocycles. The molecule has 138 valence electrons. The Morgan fingerprint density at radius 3 is 2.63 bits per heavy atom. The van der Waals surface area contributed by atoms with Gasteiger partial charge in [-0.1, -0.05) is 35.1 Å². The van der Waals surface area contributed by atoms with Gasteiger partial charge >= 0.3 is 0 Å². The SMILES string of the molecule is Cc1ccc(NC(=O)c2nnc(CCC(=O)NCc3ccccn3)s2)cc1. The lowest BCUT2D eigenvalue weighted by molar-refractivity contribution is -0.121. The van der Waals surface area contributed by atoms with Crippen LogP contribution in [0.3, 0.4) is 0 Å². The predicted octanol–water partition coefficient (Wildman–Crippen LogP) is 2.74. The average molecular weight is 381 g/mol. The summed E-state index contributed by atoms with van der Waals surface area (Å²) in [5.41, 5.74) is 2.63. The first-order valence-electron chi connectivity index (χ1n) is 8.47. The maximum atomic E-state index is 12.2. The second kappa shape index (κ2) is 9.00. The van der Waals surface area contributed by atoms with Gasteiger partial charge in [-0.15, -0.1) is 10.2 Å². The molecule has 0 fully saturated rings. The van der Waals surface area contributed by atoms with Crippen molar-refractivity contribution in [3.05, 3.63) is 69.9 Å². The van der Waals surface area contributed by atoms with Gasteiger partial charge in [0.15, 0.2) is 0 Å². The number of anilines is 1. The van der Waals surface area contributed by atoms with Crippen LogP contribution in [0.2, 0.25) is 0 Å². The van der Waals surface area contributed by atoms with Crippen molar-refractivity contribution in [3.8, 4) is 0 Å². The fourth-order valence-electron chi connectivity index (χ4n) is 2.27. The summed E-state index contributed by atoms with van der Waals surface area (Å²) in [6.07, 6.45) is 2.40. The zero-order chi connectivity index (χ0) is 19.1. The van der Waals surface area contributed by atoms with Gasteiger partial charge in [-0.3, -0.25) is 14.6 Å². The topological polar surface area (TPSA) is 96.9 Å². The molecule has 27 heavy (non-hydrogen) atoms. The Morgan fingerprint density at radius 2 is 1.89 bits per heavy atom. The normalized spacial score (nSPS) is 10.4. The van der Waals surface area contributed by atoms with Crippen LogP contribution in [0.25, 0.3) is 0 Å². The minimum atomic E-state index is -0.304. The highest BCUT2D eigenvalue weighted by Crippen LogP contribution is 2.15. The number of hydrogen-bond donors (Lipinski definition) is 2.